The Labute approximate surface area is 211 Å². The number of aliphatic carboxylic acids is 1. The third-order valence-corrected chi connectivity index (χ3v) is 6.29. The van der Waals surface area contributed by atoms with Gasteiger partial charge in [-0.3, -0.25) is 9.35 Å². The van der Waals surface area contributed by atoms with Gasteiger partial charge in [0.2, 0.25) is 0 Å². The van der Waals surface area contributed by atoms with Gasteiger partial charge in [0.25, 0.3) is 10.1 Å². The van der Waals surface area contributed by atoms with Gasteiger partial charge in [0, 0.05) is 12.4 Å². The summed E-state index contributed by atoms with van der Waals surface area (Å²) < 4.78 is 35.8. The fraction of sp³-hybridized carbons (Fsp3) is 0.909. The first-order valence-corrected chi connectivity index (χ1v) is 13.1. The van der Waals surface area contributed by atoms with Gasteiger partial charge in [-0.15, -0.1) is 0 Å². The molecule has 0 aliphatic carbocycles. The smallest absolute Gasteiger partial charge is 0.550 e. The van der Waals surface area contributed by atoms with E-state index in [9.17, 15) is 23.1 Å². The zero-order chi connectivity index (χ0) is 22.7. The van der Waals surface area contributed by atoms with Gasteiger partial charge in [-0.25, -0.2) is 0 Å². The predicted molar refractivity (Wildman–Crippen MR) is 115 cm³/mol. The molecule has 9 heteroatoms. The number of hydrogen-bond donors (Lipinski definition) is 1. The van der Waals surface area contributed by atoms with Gasteiger partial charge < -0.3 is 14.6 Å². The van der Waals surface area contributed by atoms with Gasteiger partial charge in [0.15, 0.2) is 5.25 Å². The van der Waals surface area contributed by atoms with Gasteiger partial charge in [-0.2, -0.15) is 8.42 Å². The molecule has 0 saturated heterocycles. The number of carboxylic acids is 1. The second-order valence-electron chi connectivity index (χ2n) is 8.05. The molecule has 0 spiro atoms. The molecule has 7 nitrogen and oxygen atoms in total. The molecule has 0 aromatic rings. The van der Waals surface area contributed by atoms with Crippen LogP contribution in [-0.2, 0) is 24.4 Å². The number of carbonyl (C=O) groups excluding carboxylic acids is 2. The van der Waals surface area contributed by atoms with E-state index in [1.165, 1.54) is 77.0 Å². The first-order valence-electron chi connectivity index (χ1n) is 11.6. The molecule has 0 aromatic carbocycles. The molecule has 0 heterocycles. The number of esters is 1. The summed E-state index contributed by atoms with van der Waals surface area (Å²) in [4.78, 5) is 22.1. The maximum atomic E-state index is 11.6. The predicted octanol–water partition coefficient (Wildman–Crippen LogP) is 1.19. The van der Waals surface area contributed by atoms with Crippen LogP contribution in [0.5, 0.6) is 0 Å². The van der Waals surface area contributed by atoms with Crippen LogP contribution in [0.15, 0.2) is 0 Å². The Balaban J connectivity index is 0. The fourth-order valence-corrected chi connectivity index (χ4v) is 4.04. The molecular weight excluding hydrogens is 431 g/mol. The van der Waals surface area contributed by atoms with E-state index in [4.69, 9.17) is 9.29 Å². The summed E-state index contributed by atoms with van der Waals surface area (Å²) in [6.07, 6.45) is 18.3. The fourth-order valence-electron chi connectivity index (χ4n) is 3.38. The van der Waals surface area contributed by atoms with E-state index in [0.29, 0.717) is 6.42 Å². The second kappa shape index (κ2) is 21.7. The molecule has 0 rings (SSSR count). The van der Waals surface area contributed by atoms with Crippen LogP contribution in [0, 0.1) is 0 Å². The molecule has 0 bridgehead atoms. The molecule has 1 unspecified atom stereocenters. The first-order chi connectivity index (χ1) is 14.3. The van der Waals surface area contributed by atoms with Gasteiger partial charge in [-0.1, -0.05) is 103 Å². The summed E-state index contributed by atoms with van der Waals surface area (Å²) in [5.41, 5.74) is 0. The first kappa shape index (κ1) is 33.0. The molecule has 0 radical (unpaired) electrons. The maximum absolute atomic E-state index is 11.6. The van der Waals surface area contributed by atoms with Crippen LogP contribution in [0.2, 0.25) is 0 Å². The molecule has 0 aliphatic rings. The van der Waals surface area contributed by atoms with Crippen molar-refractivity contribution in [3.63, 3.8) is 0 Å². The van der Waals surface area contributed by atoms with Crippen LogP contribution in [-0.4, -0.2) is 36.8 Å². The van der Waals surface area contributed by atoms with Crippen molar-refractivity contribution in [1.82, 2.24) is 0 Å². The minimum Gasteiger partial charge on any atom is -0.550 e. The molecule has 0 aliphatic heterocycles. The van der Waals surface area contributed by atoms with Crippen molar-refractivity contribution in [1.29, 1.82) is 0 Å². The van der Waals surface area contributed by atoms with E-state index in [0.717, 1.165) is 19.3 Å². The largest absolute Gasteiger partial charge is 1.00 e. The van der Waals surface area contributed by atoms with Gasteiger partial charge in [0.1, 0.15) is 0 Å². The number of carboxylic acid groups (broad SMARTS) is 1. The molecule has 31 heavy (non-hydrogen) atoms. The van der Waals surface area contributed by atoms with Crippen LogP contribution < -0.4 is 34.7 Å². The Morgan fingerprint density at radius 3 is 1.45 bits per heavy atom. The van der Waals surface area contributed by atoms with Crippen LogP contribution in [0.4, 0.5) is 0 Å². The quantitative estimate of drug-likeness (QED) is 0.115. The molecular formula is C22H41NaO7S. The Bertz CT molecular complexity index is 552. The van der Waals surface area contributed by atoms with E-state index < -0.39 is 33.7 Å². The summed E-state index contributed by atoms with van der Waals surface area (Å²) in [6, 6.07) is 0. The zero-order valence-electron chi connectivity index (χ0n) is 19.6. The topological polar surface area (TPSA) is 121 Å². The summed E-state index contributed by atoms with van der Waals surface area (Å²) >= 11 is 0. The number of unbranched alkanes of at least 4 members (excludes halogenated alkanes) is 15. The van der Waals surface area contributed by atoms with E-state index in [2.05, 4.69) is 6.92 Å². The van der Waals surface area contributed by atoms with Gasteiger partial charge in [-0.05, 0) is 6.42 Å². The van der Waals surface area contributed by atoms with E-state index in [1.54, 1.807) is 0 Å². The van der Waals surface area contributed by atoms with E-state index >= 15 is 0 Å². The number of ether oxygens (including phenoxy) is 1. The second-order valence-corrected chi connectivity index (χ2v) is 9.65. The number of carbonyl (C=O) groups is 2. The number of rotatable bonds is 21. The zero-order valence-corrected chi connectivity index (χ0v) is 22.4. The SMILES string of the molecule is CCCCCCCCCCCCCCCCCCOC(=O)C(CC(=O)[O-])S(=O)(=O)O.[Na+]. The van der Waals surface area contributed by atoms with Crippen LogP contribution >= 0.6 is 0 Å². The molecule has 0 fully saturated rings. The van der Waals surface area contributed by atoms with Crippen molar-refractivity contribution in [2.24, 2.45) is 0 Å². The normalized spacial score (nSPS) is 12.2. The molecule has 0 amide bonds. The molecule has 178 valence electrons. The van der Waals surface area contributed by atoms with Crippen LogP contribution in [0.25, 0.3) is 0 Å². The van der Waals surface area contributed by atoms with Crippen molar-refractivity contribution in [3.8, 4) is 0 Å². The Hall–Kier alpha value is -0.150. The van der Waals surface area contributed by atoms with E-state index in [-0.39, 0.29) is 36.2 Å². The summed E-state index contributed by atoms with van der Waals surface area (Å²) in [7, 11) is -4.83. The van der Waals surface area contributed by atoms with Crippen LogP contribution in [0.3, 0.4) is 0 Å². The number of hydrogen-bond acceptors (Lipinski definition) is 6. The Kier molecular flexibility index (Phi) is 23.1. The molecule has 1 N–H and O–H groups in total. The third-order valence-electron chi connectivity index (χ3n) is 5.22. The van der Waals surface area contributed by atoms with E-state index in [1.807, 2.05) is 0 Å². The summed E-state index contributed by atoms with van der Waals surface area (Å²) in [6.45, 7) is 2.25. The molecule has 0 aromatic heterocycles. The minimum absolute atomic E-state index is 0. The van der Waals surface area contributed by atoms with Crippen molar-refractivity contribution in [2.45, 2.75) is 121 Å². The average Bonchev–Trinajstić information content (AvgIpc) is 2.67. The average molecular weight is 473 g/mol. The molecule has 0 saturated carbocycles. The summed E-state index contributed by atoms with van der Waals surface area (Å²) in [5, 5.41) is 8.38. The molecule has 1 atom stereocenters. The standard InChI is InChI=1S/C22H42O7S.Na/c1-2-3-4-5-6-7-8-9-10-11-12-13-14-15-16-17-18-29-22(25)20(19-21(23)24)30(26,27)28;/h20H,2-19H2,1H3,(H,23,24)(H,26,27,28);/q;+1/p-1. The third kappa shape index (κ3) is 21.5. The van der Waals surface area contributed by atoms with Crippen molar-refractivity contribution < 1.29 is 62.0 Å². The van der Waals surface area contributed by atoms with Crippen LogP contribution in [0.1, 0.15) is 116 Å². The Morgan fingerprint density at radius 1 is 0.774 bits per heavy atom. The maximum Gasteiger partial charge on any atom is 1.00 e. The van der Waals surface area contributed by atoms with Gasteiger partial charge >= 0.3 is 35.5 Å². The van der Waals surface area contributed by atoms with Crippen molar-refractivity contribution in [2.75, 3.05) is 6.61 Å². The summed E-state index contributed by atoms with van der Waals surface area (Å²) in [5.74, 6) is -2.99. The van der Waals surface area contributed by atoms with Crippen molar-refractivity contribution >= 4 is 22.1 Å². The monoisotopic (exact) mass is 472 g/mol. The van der Waals surface area contributed by atoms with Gasteiger partial charge in [0.05, 0.1) is 6.61 Å². The minimum atomic E-state index is -4.83. The van der Waals surface area contributed by atoms with Crippen molar-refractivity contribution in [3.05, 3.63) is 0 Å². The Morgan fingerprint density at radius 2 is 1.13 bits per heavy atom.